The normalized spacial score (nSPS) is 10.4. The SMILES string of the molecule is CCNCc1cnc(Oc2cccc([N+](=O)[O-])c2Br)nc1. The first-order valence-electron chi connectivity index (χ1n) is 6.24. The summed E-state index contributed by atoms with van der Waals surface area (Å²) in [6, 6.07) is 4.67. The van der Waals surface area contributed by atoms with Crippen molar-refractivity contribution in [2.45, 2.75) is 13.5 Å². The van der Waals surface area contributed by atoms with Gasteiger partial charge in [0.15, 0.2) is 5.75 Å². The zero-order chi connectivity index (χ0) is 15.2. The third-order valence-electron chi connectivity index (χ3n) is 2.60. The molecular formula is C13H13BrN4O3. The van der Waals surface area contributed by atoms with Crippen LogP contribution in [0, 0.1) is 10.1 Å². The summed E-state index contributed by atoms with van der Waals surface area (Å²) in [5, 5.41) is 14.0. The Morgan fingerprint density at radius 3 is 2.71 bits per heavy atom. The van der Waals surface area contributed by atoms with Crippen molar-refractivity contribution < 1.29 is 9.66 Å². The van der Waals surface area contributed by atoms with Crippen molar-refractivity contribution in [3.8, 4) is 11.8 Å². The topological polar surface area (TPSA) is 90.2 Å². The third-order valence-corrected chi connectivity index (χ3v) is 3.40. The second-order valence-electron chi connectivity index (χ2n) is 4.10. The molecule has 0 saturated heterocycles. The molecule has 8 heteroatoms. The summed E-state index contributed by atoms with van der Waals surface area (Å²) in [5.41, 5.74) is 0.860. The molecule has 21 heavy (non-hydrogen) atoms. The number of rotatable bonds is 6. The highest BCUT2D eigenvalue weighted by Crippen LogP contribution is 2.35. The molecule has 0 radical (unpaired) electrons. The second-order valence-corrected chi connectivity index (χ2v) is 4.90. The van der Waals surface area contributed by atoms with Gasteiger partial charge in [-0.2, -0.15) is 0 Å². The Labute approximate surface area is 129 Å². The average molecular weight is 353 g/mol. The van der Waals surface area contributed by atoms with Crippen LogP contribution in [-0.2, 0) is 6.54 Å². The largest absolute Gasteiger partial charge is 0.423 e. The summed E-state index contributed by atoms with van der Waals surface area (Å²) in [6.45, 7) is 3.55. The van der Waals surface area contributed by atoms with Gasteiger partial charge < -0.3 is 10.1 Å². The van der Waals surface area contributed by atoms with E-state index in [-0.39, 0.29) is 16.2 Å². The summed E-state index contributed by atoms with van der Waals surface area (Å²) in [5.74, 6) is 0.295. The molecule has 2 aromatic rings. The van der Waals surface area contributed by atoms with Gasteiger partial charge in [0.05, 0.1) is 4.92 Å². The molecule has 0 aliphatic carbocycles. The Hall–Kier alpha value is -2.06. The second kappa shape index (κ2) is 7.09. The predicted octanol–water partition coefficient (Wildman–Crippen LogP) is 3.05. The van der Waals surface area contributed by atoms with Crippen molar-refractivity contribution in [2.24, 2.45) is 0 Å². The minimum absolute atomic E-state index is 0.0729. The fraction of sp³-hybridized carbons (Fsp3) is 0.231. The van der Waals surface area contributed by atoms with Crippen molar-refractivity contribution in [2.75, 3.05) is 6.54 Å². The number of hydrogen-bond acceptors (Lipinski definition) is 6. The molecule has 0 unspecified atom stereocenters. The number of ether oxygens (including phenoxy) is 1. The van der Waals surface area contributed by atoms with Gasteiger partial charge in [0.25, 0.3) is 5.69 Å². The first-order chi connectivity index (χ1) is 10.1. The van der Waals surface area contributed by atoms with Crippen LogP contribution in [0.2, 0.25) is 0 Å². The Morgan fingerprint density at radius 1 is 1.38 bits per heavy atom. The van der Waals surface area contributed by atoms with E-state index in [9.17, 15) is 10.1 Å². The molecule has 0 atom stereocenters. The van der Waals surface area contributed by atoms with Crippen molar-refractivity contribution in [3.63, 3.8) is 0 Å². The lowest BCUT2D eigenvalue weighted by molar-refractivity contribution is -0.385. The zero-order valence-electron chi connectivity index (χ0n) is 11.2. The molecule has 2 rings (SSSR count). The molecule has 0 aliphatic heterocycles. The summed E-state index contributed by atoms with van der Waals surface area (Å²) in [7, 11) is 0. The van der Waals surface area contributed by atoms with E-state index in [4.69, 9.17) is 4.74 Å². The highest BCUT2D eigenvalue weighted by Gasteiger charge is 2.16. The number of nitro groups is 1. The minimum Gasteiger partial charge on any atom is -0.423 e. The van der Waals surface area contributed by atoms with Crippen molar-refractivity contribution in [3.05, 3.63) is 50.7 Å². The molecule has 7 nitrogen and oxygen atoms in total. The third kappa shape index (κ3) is 3.96. The van der Waals surface area contributed by atoms with Crippen LogP contribution < -0.4 is 10.1 Å². The van der Waals surface area contributed by atoms with Crippen LogP contribution in [0.3, 0.4) is 0 Å². The van der Waals surface area contributed by atoms with E-state index in [1.54, 1.807) is 18.5 Å². The van der Waals surface area contributed by atoms with Crippen molar-refractivity contribution in [1.29, 1.82) is 0 Å². The number of halogens is 1. The molecule has 0 fully saturated rings. The number of nitrogens with one attached hydrogen (secondary N) is 1. The summed E-state index contributed by atoms with van der Waals surface area (Å²) in [6.07, 6.45) is 3.30. The first-order valence-corrected chi connectivity index (χ1v) is 7.03. The molecular weight excluding hydrogens is 340 g/mol. The van der Waals surface area contributed by atoms with Crippen LogP contribution in [0.15, 0.2) is 35.1 Å². The number of nitro benzene ring substituents is 1. The molecule has 0 saturated carbocycles. The number of benzene rings is 1. The van der Waals surface area contributed by atoms with Gasteiger partial charge in [-0.25, -0.2) is 9.97 Å². The molecule has 1 aromatic heterocycles. The van der Waals surface area contributed by atoms with Crippen LogP contribution >= 0.6 is 15.9 Å². The van der Waals surface area contributed by atoms with Gasteiger partial charge in [0.1, 0.15) is 4.47 Å². The van der Waals surface area contributed by atoms with Crippen LogP contribution in [0.25, 0.3) is 0 Å². The molecule has 110 valence electrons. The lowest BCUT2D eigenvalue weighted by atomic mass is 10.3. The molecule has 1 heterocycles. The number of nitrogens with zero attached hydrogens (tertiary/aromatic N) is 3. The molecule has 0 spiro atoms. The van der Waals surface area contributed by atoms with Gasteiger partial charge in [-0.3, -0.25) is 10.1 Å². The Bertz CT molecular complexity index is 634. The van der Waals surface area contributed by atoms with Crippen LogP contribution in [0.4, 0.5) is 5.69 Å². The predicted molar refractivity (Wildman–Crippen MR) is 80.3 cm³/mol. The van der Waals surface area contributed by atoms with E-state index in [1.807, 2.05) is 6.92 Å². The lowest BCUT2D eigenvalue weighted by Crippen LogP contribution is -2.12. The van der Waals surface area contributed by atoms with Gasteiger partial charge in [0.2, 0.25) is 0 Å². The van der Waals surface area contributed by atoms with Crippen molar-refractivity contribution in [1.82, 2.24) is 15.3 Å². The average Bonchev–Trinajstić information content (AvgIpc) is 2.48. The van der Waals surface area contributed by atoms with E-state index in [0.717, 1.165) is 12.1 Å². The minimum atomic E-state index is -0.489. The Kier molecular flexibility index (Phi) is 5.18. The van der Waals surface area contributed by atoms with Gasteiger partial charge in [-0.05, 0) is 28.5 Å². The molecule has 0 bridgehead atoms. The maximum absolute atomic E-state index is 10.9. The van der Waals surface area contributed by atoms with Crippen LogP contribution in [0.5, 0.6) is 11.8 Å². The van der Waals surface area contributed by atoms with Gasteiger partial charge in [0, 0.05) is 30.6 Å². The quantitative estimate of drug-likeness (QED) is 0.634. The summed E-state index contributed by atoms with van der Waals surface area (Å²) >= 11 is 3.16. The zero-order valence-corrected chi connectivity index (χ0v) is 12.8. The summed E-state index contributed by atoms with van der Waals surface area (Å²) in [4.78, 5) is 18.5. The highest BCUT2D eigenvalue weighted by atomic mass is 79.9. The van der Waals surface area contributed by atoms with Crippen LogP contribution in [-0.4, -0.2) is 21.4 Å². The monoisotopic (exact) mass is 352 g/mol. The smallest absolute Gasteiger partial charge is 0.321 e. The standard InChI is InChI=1S/C13H13BrN4O3/c1-2-15-6-9-7-16-13(17-8-9)21-11-5-3-4-10(12(11)14)18(19)20/h3-5,7-8,15H,2,6H2,1H3. The molecule has 1 N–H and O–H groups in total. The molecule has 0 amide bonds. The molecule has 1 aromatic carbocycles. The maximum Gasteiger partial charge on any atom is 0.321 e. The summed E-state index contributed by atoms with van der Waals surface area (Å²) < 4.78 is 5.73. The lowest BCUT2D eigenvalue weighted by Gasteiger charge is -2.07. The number of aromatic nitrogens is 2. The van der Waals surface area contributed by atoms with Gasteiger partial charge in [-0.1, -0.05) is 13.0 Å². The fourth-order valence-corrected chi connectivity index (χ4v) is 2.06. The Balaban J connectivity index is 2.15. The van der Waals surface area contributed by atoms with E-state index < -0.39 is 4.92 Å². The van der Waals surface area contributed by atoms with Gasteiger partial charge in [-0.15, -0.1) is 0 Å². The first kappa shape index (κ1) is 15.3. The van der Waals surface area contributed by atoms with Crippen molar-refractivity contribution >= 4 is 21.6 Å². The molecule has 0 aliphatic rings. The van der Waals surface area contributed by atoms with E-state index in [0.29, 0.717) is 12.3 Å². The maximum atomic E-state index is 10.9. The van der Waals surface area contributed by atoms with E-state index in [1.165, 1.54) is 12.1 Å². The Morgan fingerprint density at radius 2 is 2.10 bits per heavy atom. The number of hydrogen-bond donors (Lipinski definition) is 1. The van der Waals surface area contributed by atoms with Gasteiger partial charge >= 0.3 is 6.01 Å². The highest BCUT2D eigenvalue weighted by molar-refractivity contribution is 9.10. The van der Waals surface area contributed by atoms with Crippen LogP contribution in [0.1, 0.15) is 12.5 Å². The fourth-order valence-electron chi connectivity index (χ4n) is 1.57. The van der Waals surface area contributed by atoms with E-state index >= 15 is 0 Å². The van der Waals surface area contributed by atoms with E-state index in [2.05, 4.69) is 31.2 Å².